The highest BCUT2D eigenvalue weighted by molar-refractivity contribution is 9.10. The highest BCUT2D eigenvalue weighted by atomic mass is 79.9. The van der Waals surface area contributed by atoms with E-state index in [0.29, 0.717) is 15.8 Å². The molecule has 21 heavy (non-hydrogen) atoms. The number of halogens is 3. The van der Waals surface area contributed by atoms with Crippen molar-refractivity contribution in [3.63, 3.8) is 0 Å². The van der Waals surface area contributed by atoms with Gasteiger partial charge in [0.05, 0.1) is 4.47 Å². The standard InChI is InChI=1S/C15H9BrF2O3/c16-11-7-9(2-6-15(19)20)1-4-13(11)21-14-5-3-10(17)8-12(14)18/h1-8H,(H,19,20)/b6-2+. The van der Waals surface area contributed by atoms with Crippen LogP contribution >= 0.6 is 15.9 Å². The van der Waals surface area contributed by atoms with Gasteiger partial charge in [-0.3, -0.25) is 0 Å². The van der Waals surface area contributed by atoms with Crippen LogP contribution in [-0.2, 0) is 4.79 Å². The number of hydrogen-bond donors (Lipinski definition) is 1. The number of carboxylic acids is 1. The summed E-state index contributed by atoms with van der Waals surface area (Å²) in [5.41, 5.74) is 0.635. The lowest BCUT2D eigenvalue weighted by atomic mass is 10.2. The molecule has 0 amide bonds. The van der Waals surface area contributed by atoms with Crippen molar-refractivity contribution in [2.45, 2.75) is 0 Å². The van der Waals surface area contributed by atoms with Crippen LogP contribution < -0.4 is 4.74 Å². The summed E-state index contributed by atoms with van der Waals surface area (Å²) in [6, 6.07) is 7.80. The molecule has 0 saturated heterocycles. The summed E-state index contributed by atoms with van der Waals surface area (Å²) in [5.74, 6) is -2.33. The number of rotatable bonds is 4. The molecule has 0 atom stereocenters. The van der Waals surface area contributed by atoms with Crippen molar-refractivity contribution in [2.24, 2.45) is 0 Å². The fourth-order valence-corrected chi connectivity index (χ4v) is 2.02. The molecule has 2 aromatic rings. The third-order valence-corrected chi connectivity index (χ3v) is 3.11. The van der Waals surface area contributed by atoms with Crippen molar-refractivity contribution in [3.8, 4) is 11.5 Å². The summed E-state index contributed by atoms with van der Waals surface area (Å²) < 4.78 is 32.2. The lowest BCUT2D eigenvalue weighted by molar-refractivity contribution is -0.131. The Balaban J connectivity index is 2.23. The second kappa shape index (κ2) is 6.49. The first-order chi connectivity index (χ1) is 9.95. The molecule has 0 heterocycles. The molecule has 1 N–H and O–H groups in total. The Bertz CT molecular complexity index is 714. The van der Waals surface area contributed by atoms with Crippen LogP contribution in [0, 0.1) is 11.6 Å². The molecule has 2 rings (SSSR count). The Morgan fingerprint density at radius 3 is 2.48 bits per heavy atom. The van der Waals surface area contributed by atoms with Crippen LogP contribution in [0.15, 0.2) is 46.9 Å². The molecule has 0 unspecified atom stereocenters. The van der Waals surface area contributed by atoms with Crippen molar-refractivity contribution in [2.75, 3.05) is 0 Å². The lowest BCUT2D eigenvalue weighted by Crippen LogP contribution is -1.91. The number of benzene rings is 2. The Labute approximate surface area is 127 Å². The summed E-state index contributed by atoms with van der Waals surface area (Å²) in [7, 11) is 0. The molecule has 0 aliphatic rings. The second-order valence-electron chi connectivity index (χ2n) is 4.04. The third kappa shape index (κ3) is 4.13. The summed E-state index contributed by atoms with van der Waals surface area (Å²) in [5, 5.41) is 8.55. The quantitative estimate of drug-likeness (QED) is 0.815. The molecule has 0 aliphatic carbocycles. The van der Waals surface area contributed by atoms with E-state index in [-0.39, 0.29) is 5.75 Å². The van der Waals surface area contributed by atoms with Gasteiger partial charge in [0.1, 0.15) is 11.6 Å². The average molecular weight is 355 g/mol. The van der Waals surface area contributed by atoms with Crippen molar-refractivity contribution in [3.05, 3.63) is 64.1 Å². The highest BCUT2D eigenvalue weighted by Gasteiger charge is 2.09. The average Bonchev–Trinajstić information content (AvgIpc) is 2.42. The van der Waals surface area contributed by atoms with Gasteiger partial charge in [0.25, 0.3) is 0 Å². The van der Waals surface area contributed by atoms with E-state index in [4.69, 9.17) is 9.84 Å². The van der Waals surface area contributed by atoms with Crippen LogP contribution in [0.3, 0.4) is 0 Å². The number of ether oxygens (including phenoxy) is 1. The van der Waals surface area contributed by atoms with E-state index in [2.05, 4.69) is 15.9 Å². The van der Waals surface area contributed by atoms with Gasteiger partial charge in [0, 0.05) is 12.1 Å². The maximum absolute atomic E-state index is 13.5. The van der Waals surface area contributed by atoms with Crippen LogP contribution in [0.2, 0.25) is 0 Å². The second-order valence-corrected chi connectivity index (χ2v) is 4.89. The minimum absolute atomic E-state index is 0.106. The fourth-order valence-electron chi connectivity index (χ4n) is 1.55. The Hall–Kier alpha value is -2.21. The van der Waals surface area contributed by atoms with Crippen LogP contribution in [0.25, 0.3) is 6.08 Å². The Morgan fingerprint density at radius 2 is 1.86 bits per heavy atom. The lowest BCUT2D eigenvalue weighted by Gasteiger charge is -2.09. The minimum Gasteiger partial charge on any atom is -0.478 e. The third-order valence-electron chi connectivity index (χ3n) is 2.49. The number of carboxylic acid groups (broad SMARTS) is 1. The predicted octanol–water partition coefficient (Wildman–Crippen LogP) is 4.62. The van der Waals surface area contributed by atoms with Crippen molar-refractivity contribution < 1.29 is 23.4 Å². The van der Waals surface area contributed by atoms with Crippen LogP contribution in [0.4, 0.5) is 8.78 Å². The molecule has 0 aromatic heterocycles. The van der Waals surface area contributed by atoms with Crippen molar-refractivity contribution >= 4 is 28.0 Å². The highest BCUT2D eigenvalue weighted by Crippen LogP contribution is 2.32. The van der Waals surface area contributed by atoms with Gasteiger partial charge < -0.3 is 9.84 Å². The van der Waals surface area contributed by atoms with E-state index in [1.165, 1.54) is 12.1 Å². The van der Waals surface area contributed by atoms with Gasteiger partial charge in [-0.1, -0.05) is 6.07 Å². The molecule has 0 fully saturated rings. The summed E-state index contributed by atoms with van der Waals surface area (Å²) >= 11 is 3.25. The molecule has 3 nitrogen and oxygen atoms in total. The molecular formula is C15H9BrF2O3. The number of aliphatic carboxylic acids is 1. The zero-order chi connectivity index (χ0) is 15.4. The monoisotopic (exact) mass is 354 g/mol. The predicted molar refractivity (Wildman–Crippen MR) is 77.2 cm³/mol. The van der Waals surface area contributed by atoms with Gasteiger partial charge in [-0.25, -0.2) is 13.6 Å². The fraction of sp³-hybridized carbons (Fsp3) is 0. The molecule has 0 saturated carbocycles. The maximum atomic E-state index is 13.5. The zero-order valence-electron chi connectivity index (χ0n) is 10.5. The van der Waals surface area contributed by atoms with Crippen molar-refractivity contribution in [1.29, 1.82) is 0 Å². The molecule has 6 heteroatoms. The number of hydrogen-bond acceptors (Lipinski definition) is 2. The van der Waals surface area contributed by atoms with E-state index in [9.17, 15) is 13.6 Å². The van der Waals surface area contributed by atoms with Gasteiger partial charge in [-0.2, -0.15) is 0 Å². The Morgan fingerprint density at radius 1 is 1.14 bits per heavy atom. The van der Waals surface area contributed by atoms with E-state index in [1.54, 1.807) is 18.2 Å². The smallest absolute Gasteiger partial charge is 0.328 e. The van der Waals surface area contributed by atoms with Gasteiger partial charge in [0.2, 0.25) is 0 Å². The molecule has 108 valence electrons. The van der Waals surface area contributed by atoms with E-state index >= 15 is 0 Å². The molecule has 0 aliphatic heterocycles. The number of carbonyl (C=O) groups is 1. The molecule has 0 radical (unpaired) electrons. The normalized spacial score (nSPS) is 10.8. The molecule has 0 spiro atoms. The van der Waals surface area contributed by atoms with E-state index in [1.807, 2.05) is 0 Å². The first-order valence-corrected chi connectivity index (χ1v) is 6.58. The van der Waals surface area contributed by atoms with Crippen LogP contribution in [0.5, 0.6) is 11.5 Å². The minimum atomic E-state index is -1.06. The van der Waals surface area contributed by atoms with Gasteiger partial charge in [0.15, 0.2) is 11.6 Å². The molecular weight excluding hydrogens is 346 g/mol. The van der Waals surface area contributed by atoms with E-state index in [0.717, 1.165) is 18.2 Å². The topological polar surface area (TPSA) is 46.5 Å². The largest absolute Gasteiger partial charge is 0.478 e. The zero-order valence-corrected chi connectivity index (χ0v) is 12.1. The summed E-state index contributed by atoms with van der Waals surface area (Å²) in [6.45, 7) is 0. The summed E-state index contributed by atoms with van der Waals surface area (Å²) in [6.07, 6.45) is 2.41. The van der Waals surface area contributed by atoms with Gasteiger partial charge in [-0.05, 0) is 51.8 Å². The molecule has 0 bridgehead atoms. The summed E-state index contributed by atoms with van der Waals surface area (Å²) in [4.78, 5) is 10.4. The first kappa shape index (κ1) is 15.2. The SMILES string of the molecule is O=C(O)/C=C/c1ccc(Oc2ccc(F)cc2F)c(Br)c1. The van der Waals surface area contributed by atoms with Crippen molar-refractivity contribution in [1.82, 2.24) is 0 Å². The molecule has 2 aromatic carbocycles. The maximum Gasteiger partial charge on any atom is 0.328 e. The van der Waals surface area contributed by atoms with Crippen LogP contribution in [-0.4, -0.2) is 11.1 Å². The van der Waals surface area contributed by atoms with Gasteiger partial charge >= 0.3 is 5.97 Å². The first-order valence-electron chi connectivity index (χ1n) is 5.79. The Kier molecular flexibility index (Phi) is 4.70. The van der Waals surface area contributed by atoms with Gasteiger partial charge in [-0.15, -0.1) is 0 Å². The van der Waals surface area contributed by atoms with E-state index < -0.39 is 17.6 Å². The van der Waals surface area contributed by atoms with Crippen LogP contribution in [0.1, 0.15) is 5.56 Å².